The Morgan fingerprint density at radius 1 is 1.42 bits per heavy atom. The minimum atomic E-state index is -0.261. The molecule has 3 nitrogen and oxygen atoms in total. The van der Waals surface area contributed by atoms with Crippen molar-refractivity contribution in [2.45, 2.75) is 26.3 Å². The van der Waals surface area contributed by atoms with E-state index in [1.54, 1.807) is 6.07 Å². The maximum Gasteiger partial charge on any atom is 0.139 e. The summed E-state index contributed by atoms with van der Waals surface area (Å²) in [4.78, 5) is 0. The second-order valence-electron chi connectivity index (χ2n) is 5.50. The number of aromatic nitrogens is 2. The number of aryl methyl sites for hydroxylation is 1. The highest BCUT2D eigenvalue weighted by Crippen LogP contribution is 2.46. The van der Waals surface area contributed by atoms with Gasteiger partial charge in [0.05, 0.1) is 21.9 Å². The molecule has 0 spiro atoms. The summed E-state index contributed by atoms with van der Waals surface area (Å²) in [5.41, 5.74) is 4.65. The number of halogens is 2. The Balaban J connectivity index is 2.42. The summed E-state index contributed by atoms with van der Waals surface area (Å²) < 4.78 is 16.3. The number of rotatable bonds is 0. The van der Waals surface area contributed by atoms with Crippen molar-refractivity contribution >= 4 is 21.6 Å². The van der Waals surface area contributed by atoms with Gasteiger partial charge < -0.3 is 5.32 Å². The van der Waals surface area contributed by atoms with Gasteiger partial charge >= 0.3 is 0 Å². The van der Waals surface area contributed by atoms with E-state index < -0.39 is 0 Å². The first-order chi connectivity index (χ1) is 8.83. The highest BCUT2D eigenvalue weighted by atomic mass is 79.9. The fraction of sp³-hybridized carbons (Fsp3) is 0.357. The van der Waals surface area contributed by atoms with Crippen LogP contribution in [0.1, 0.15) is 25.0 Å². The topological polar surface area (TPSA) is 29.9 Å². The molecule has 0 unspecified atom stereocenters. The molecular formula is C14H15BrFN3. The smallest absolute Gasteiger partial charge is 0.139 e. The molecule has 3 rings (SSSR count). The Bertz CT molecular complexity index is 688. The van der Waals surface area contributed by atoms with Crippen molar-refractivity contribution in [1.29, 1.82) is 0 Å². The van der Waals surface area contributed by atoms with E-state index in [9.17, 15) is 4.39 Å². The molecule has 19 heavy (non-hydrogen) atoms. The lowest BCUT2D eigenvalue weighted by molar-refractivity contribution is 0.595. The van der Waals surface area contributed by atoms with Crippen molar-refractivity contribution in [2.24, 2.45) is 7.05 Å². The number of benzene rings is 1. The molecular weight excluding hydrogens is 309 g/mol. The zero-order chi connectivity index (χ0) is 13.9. The van der Waals surface area contributed by atoms with Crippen LogP contribution in [-0.2, 0) is 12.6 Å². The third kappa shape index (κ3) is 1.64. The molecule has 0 saturated heterocycles. The van der Waals surface area contributed by atoms with Crippen LogP contribution in [0.5, 0.6) is 0 Å². The van der Waals surface area contributed by atoms with E-state index >= 15 is 0 Å². The first-order valence-electron chi connectivity index (χ1n) is 6.12. The van der Waals surface area contributed by atoms with E-state index in [-0.39, 0.29) is 11.4 Å². The van der Waals surface area contributed by atoms with Gasteiger partial charge in [0.25, 0.3) is 0 Å². The summed E-state index contributed by atoms with van der Waals surface area (Å²) in [5.74, 6) is -0.245. The fourth-order valence-corrected chi connectivity index (χ4v) is 3.06. The minimum absolute atomic E-state index is 0.245. The van der Waals surface area contributed by atoms with Crippen LogP contribution in [0.2, 0.25) is 0 Å². The van der Waals surface area contributed by atoms with Gasteiger partial charge in [-0.15, -0.1) is 0 Å². The minimum Gasteiger partial charge on any atom is -0.375 e. The number of fused-ring (bicyclic) bond motifs is 3. The SMILES string of the molecule is Cc1c(Br)c(F)cc2c1-c1c(cnn1C)C(C)(C)N2. The Kier molecular flexibility index (Phi) is 2.55. The summed E-state index contributed by atoms with van der Waals surface area (Å²) in [5, 5.41) is 7.75. The molecule has 0 atom stereocenters. The largest absolute Gasteiger partial charge is 0.375 e. The summed E-state index contributed by atoms with van der Waals surface area (Å²) in [6, 6.07) is 1.55. The van der Waals surface area contributed by atoms with Crippen molar-refractivity contribution in [3.8, 4) is 11.3 Å². The maximum atomic E-state index is 13.9. The molecule has 5 heteroatoms. The van der Waals surface area contributed by atoms with Crippen molar-refractivity contribution in [1.82, 2.24) is 9.78 Å². The highest BCUT2D eigenvalue weighted by molar-refractivity contribution is 9.10. The van der Waals surface area contributed by atoms with Crippen LogP contribution >= 0.6 is 15.9 Å². The van der Waals surface area contributed by atoms with Crippen molar-refractivity contribution in [3.63, 3.8) is 0 Å². The van der Waals surface area contributed by atoms with E-state index in [4.69, 9.17) is 0 Å². The number of hydrogen-bond acceptors (Lipinski definition) is 2. The molecule has 1 aliphatic rings. The number of anilines is 1. The van der Waals surface area contributed by atoms with Crippen LogP contribution in [0, 0.1) is 12.7 Å². The lowest BCUT2D eigenvalue weighted by Crippen LogP contribution is -2.32. The predicted octanol–water partition coefficient (Wildman–Crippen LogP) is 3.96. The summed E-state index contributed by atoms with van der Waals surface area (Å²) in [6.45, 7) is 6.07. The Morgan fingerprint density at radius 2 is 2.11 bits per heavy atom. The van der Waals surface area contributed by atoms with E-state index in [1.165, 1.54) is 0 Å². The fourth-order valence-electron chi connectivity index (χ4n) is 2.75. The van der Waals surface area contributed by atoms with Gasteiger partial charge in [0.15, 0.2) is 0 Å². The molecule has 1 N–H and O–H groups in total. The van der Waals surface area contributed by atoms with Crippen LogP contribution in [-0.4, -0.2) is 9.78 Å². The first-order valence-corrected chi connectivity index (χ1v) is 6.92. The van der Waals surface area contributed by atoms with Gasteiger partial charge in [-0.05, 0) is 48.3 Å². The molecule has 0 saturated carbocycles. The van der Waals surface area contributed by atoms with Crippen molar-refractivity contribution in [2.75, 3.05) is 5.32 Å². The third-order valence-electron chi connectivity index (χ3n) is 3.75. The van der Waals surface area contributed by atoms with Gasteiger partial charge in [0.2, 0.25) is 0 Å². The van der Waals surface area contributed by atoms with Crippen LogP contribution in [0.15, 0.2) is 16.7 Å². The van der Waals surface area contributed by atoms with Gasteiger partial charge in [-0.3, -0.25) is 4.68 Å². The van der Waals surface area contributed by atoms with E-state index in [0.29, 0.717) is 4.47 Å². The van der Waals surface area contributed by atoms with E-state index in [0.717, 1.165) is 28.1 Å². The number of nitrogens with zero attached hydrogens (tertiary/aromatic N) is 2. The lowest BCUT2D eigenvalue weighted by atomic mass is 9.85. The standard InChI is InChI=1S/C14H15BrFN3/c1-7-11-10(5-9(16)12(7)15)18-14(2,3)8-6-17-19(4)13(8)11/h5-6,18H,1-4H3. The molecule has 1 aromatic carbocycles. The average Bonchev–Trinajstić information content (AvgIpc) is 2.69. The zero-order valence-corrected chi connectivity index (χ0v) is 12.9. The van der Waals surface area contributed by atoms with Gasteiger partial charge in [0.1, 0.15) is 5.82 Å². The van der Waals surface area contributed by atoms with Crippen LogP contribution < -0.4 is 5.32 Å². The monoisotopic (exact) mass is 323 g/mol. The highest BCUT2D eigenvalue weighted by Gasteiger charge is 2.34. The Labute approximate surface area is 119 Å². The lowest BCUT2D eigenvalue weighted by Gasteiger charge is -2.35. The molecule has 1 aromatic heterocycles. The molecule has 0 bridgehead atoms. The second-order valence-corrected chi connectivity index (χ2v) is 6.29. The molecule has 2 heterocycles. The summed E-state index contributed by atoms with van der Waals surface area (Å²) >= 11 is 3.32. The van der Waals surface area contributed by atoms with Gasteiger partial charge in [-0.25, -0.2) is 4.39 Å². The zero-order valence-electron chi connectivity index (χ0n) is 11.3. The normalized spacial score (nSPS) is 15.7. The van der Waals surface area contributed by atoms with Crippen molar-refractivity contribution < 1.29 is 4.39 Å². The summed E-state index contributed by atoms with van der Waals surface area (Å²) in [7, 11) is 1.92. The Hall–Kier alpha value is -1.36. The molecule has 0 radical (unpaired) electrons. The van der Waals surface area contributed by atoms with Gasteiger partial charge in [-0.1, -0.05) is 0 Å². The molecule has 1 aliphatic heterocycles. The predicted molar refractivity (Wildman–Crippen MR) is 77.7 cm³/mol. The first kappa shape index (κ1) is 12.7. The second kappa shape index (κ2) is 3.82. The molecule has 0 aliphatic carbocycles. The molecule has 0 amide bonds. The van der Waals surface area contributed by atoms with Crippen LogP contribution in [0.4, 0.5) is 10.1 Å². The maximum absolute atomic E-state index is 13.9. The summed E-state index contributed by atoms with van der Waals surface area (Å²) in [6.07, 6.45) is 1.88. The van der Waals surface area contributed by atoms with Gasteiger partial charge in [0, 0.05) is 23.9 Å². The number of hydrogen-bond donors (Lipinski definition) is 1. The van der Waals surface area contributed by atoms with E-state index in [2.05, 4.69) is 40.2 Å². The average molecular weight is 324 g/mol. The molecule has 2 aromatic rings. The Morgan fingerprint density at radius 3 is 2.79 bits per heavy atom. The van der Waals surface area contributed by atoms with Crippen LogP contribution in [0.3, 0.4) is 0 Å². The number of nitrogens with one attached hydrogen (secondary N) is 1. The van der Waals surface area contributed by atoms with Gasteiger partial charge in [-0.2, -0.15) is 5.10 Å². The molecule has 0 fully saturated rings. The molecule has 100 valence electrons. The van der Waals surface area contributed by atoms with Crippen LogP contribution in [0.25, 0.3) is 11.3 Å². The third-order valence-corrected chi connectivity index (χ3v) is 4.72. The quantitative estimate of drug-likeness (QED) is 0.795. The van der Waals surface area contributed by atoms with E-state index in [1.807, 2.05) is 24.9 Å². The van der Waals surface area contributed by atoms with Crippen molar-refractivity contribution in [3.05, 3.63) is 33.7 Å².